The normalized spacial score (nSPS) is 42.6. The lowest BCUT2D eigenvalue weighted by Crippen LogP contribution is -2.50. The molecule has 0 N–H and O–H groups in total. The Bertz CT molecular complexity index is 776. The number of hydrogen-bond donors (Lipinski definition) is 0. The second-order valence-corrected chi connectivity index (χ2v) is 12.8. The third-order valence-corrected chi connectivity index (χ3v) is 10.8. The van der Waals surface area contributed by atoms with Crippen LogP contribution in [0.15, 0.2) is 23.3 Å². The first-order valence-corrected chi connectivity index (χ1v) is 13.6. The highest BCUT2D eigenvalue weighted by molar-refractivity contribution is 5.66. The van der Waals surface area contributed by atoms with Crippen LogP contribution >= 0.6 is 0 Å². The third-order valence-electron chi connectivity index (χ3n) is 10.8. The Morgan fingerprint density at radius 1 is 1.06 bits per heavy atom. The van der Waals surface area contributed by atoms with Crippen LogP contribution in [0.1, 0.15) is 106 Å². The highest BCUT2D eigenvalue weighted by atomic mass is 16.5. The molecule has 0 bridgehead atoms. The molecule has 4 aliphatic carbocycles. The van der Waals surface area contributed by atoms with Gasteiger partial charge in [0.15, 0.2) is 0 Å². The molecular weight excluding hydrogens is 392 g/mol. The fourth-order valence-corrected chi connectivity index (χ4v) is 8.56. The molecule has 32 heavy (non-hydrogen) atoms. The fourth-order valence-electron chi connectivity index (χ4n) is 8.56. The minimum atomic E-state index is -0.108. The van der Waals surface area contributed by atoms with Gasteiger partial charge in [-0.1, -0.05) is 57.9 Å². The van der Waals surface area contributed by atoms with E-state index in [0.717, 1.165) is 36.5 Å². The monoisotopic (exact) mass is 440 g/mol. The molecule has 4 aliphatic rings. The summed E-state index contributed by atoms with van der Waals surface area (Å²) in [7, 11) is 0. The van der Waals surface area contributed by atoms with Crippen molar-refractivity contribution < 1.29 is 9.53 Å². The standard InChI is InChI=1S/C30H48O2/c1-19(2)20(3)8-9-21(4)26-12-13-27-25-11-10-23-18-24(32-22(5)31)14-16-29(23,6)28(25)15-17-30(26,27)7/h8,11,19,21,23-24,26-28H,9-10,12-18H2,1-7H3/t21-,23+,24+,26-,27+,28+,29+,30-/m1/s1. The van der Waals surface area contributed by atoms with E-state index < -0.39 is 0 Å². The molecule has 0 aromatic heterocycles. The minimum Gasteiger partial charge on any atom is -0.463 e. The van der Waals surface area contributed by atoms with E-state index in [1.54, 1.807) is 12.5 Å². The Labute approximate surface area is 197 Å². The van der Waals surface area contributed by atoms with E-state index in [1.807, 2.05) is 5.57 Å². The van der Waals surface area contributed by atoms with E-state index in [0.29, 0.717) is 22.7 Å². The van der Waals surface area contributed by atoms with Crippen LogP contribution < -0.4 is 0 Å². The van der Waals surface area contributed by atoms with Crippen LogP contribution in [0.3, 0.4) is 0 Å². The van der Waals surface area contributed by atoms with E-state index >= 15 is 0 Å². The summed E-state index contributed by atoms with van der Waals surface area (Å²) in [5.41, 5.74) is 4.29. The Hall–Kier alpha value is -1.05. The number of hydrogen-bond acceptors (Lipinski definition) is 2. The zero-order chi connectivity index (χ0) is 23.3. The van der Waals surface area contributed by atoms with Gasteiger partial charge in [0.05, 0.1) is 0 Å². The smallest absolute Gasteiger partial charge is 0.302 e. The van der Waals surface area contributed by atoms with Crippen molar-refractivity contribution in [2.45, 2.75) is 112 Å². The molecule has 0 amide bonds. The predicted molar refractivity (Wildman–Crippen MR) is 133 cm³/mol. The molecule has 0 aromatic rings. The lowest BCUT2D eigenvalue weighted by atomic mass is 9.47. The van der Waals surface area contributed by atoms with Gasteiger partial charge >= 0.3 is 5.97 Å². The lowest BCUT2D eigenvalue weighted by molar-refractivity contribution is -0.152. The molecule has 0 spiro atoms. The number of rotatable bonds is 5. The van der Waals surface area contributed by atoms with Gasteiger partial charge in [-0.25, -0.2) is 0 Å². The summed E-state index contributed by atoms with van der Waals surface area (Å²) in [6.45, 7) is 16.2. The predicted octanol–water partition coefficient (Wildman–Crippen LogP) is 8.13. The average molecular weight is 441 g/mol. The summed E-state index contributed by atoms with van der Waals surface area (Å²) in [6.07, 6.45) is 16.7. The first-order chi connectivity index (χ1) is 15.1. The van der Waals surface area contributed by atoms with E-state index in [9.17, 15) is 4.79 Å². The van der Waals surface area contributed by atoms with Crippen molar-refractivity contribution in [3.63, 3.8) is 0 Å². The maximum atomic E-state index is 11.5. The van der Waals surface area contributed by atoms with Crippen molar-refractivity contribution in [1.82, 2.24) is 0 Å². The van der Waals surface area contributed by atoms with Gasteiger partial charge in [0.1, 0.15) is 6.10 Å². The molecule has 0 aromatic carbocycles. The lowest BCUT2D eigenvalue weighted by Gasteiger charge is -2.58. The maximum Gasteiger partial charge on any atom is 0.302 e. The van der Waals surface area contributed by atoms with Gasteiger partial charge in [-0.2, -0.15) is 0 Å². The fraction of sp³-hybridized carbons (Fsp3) is 0.833. The van der Waals surface area contributed by atoms with Crippen molar-refractivity contribution in [2.24, 2.45) is 46.3 Å². The van der Waals surface area contributed by atoms with Crippen molar-refractivity contribution in [2.75, 3.05) is 0 Å². The number of esters is 1. The molecule has 180 valence electrons. The summed E-state index contributed by atoms with van der Waals surface area (Å²) in [6, 6.07) is 0. The number of carbonyl (C=O) groups is 1. The van der Waals surface area contributed by atoms with Crippen LogP contribution in [0.25, 0.3) is 0 Å². The van der Waals surface area contributed by atoms with Crippen LogP contribution in [0.2, 0.25) is 0 Å². The molecule has 4 rings (SSSR count). The van der Waals surface area contributed by atoms with Gasteiger partial charge in [-0.15, -0.1) is 0 Å². The SMILES string of the molecule is CC(=O)O[C@H]1CC[C@@]2(C)[C@@H](CC=C3[C@@H]2CC[C@]2(C)[C@@H]([C@H](C)CC=C(C)C(C)C)CC[C@@H]32)C1. The first-order valence-electron chi connectivity index (χ1n) is 13.6. The Kier molecular flexibility index (Phi) is 6.74. The molecule has 3 saturated carbocycles. The van der Waals surface area contributed by atoms with Gasteiger partial charge in [-0.3, -0.25) is 4.79 Å². The van der Waals surface area contributed by atoms with Crippen LogP contribution in [0.4, 0.5) is 0 Å². The summed E-state index contributed by atoms with van der Waals surface area (Å²) in [5, 5.41) is 0. The molecular formula is C30H48O2. The zero-order valence-corrected chi connectivity index (χ0v) is 21.9. The second kappa shape index (κ2) is 8.95. The molecule has 0 saturated heterocycles. The molecule has 3 fully saturated rings. The summed E-state index contributed by atoms with van der Waals surface area (Å²) in [4.78, 5) is 11.5. The number of ether oxygens (including phenoxy) is 1. The van der Waals surface area contributed by atoms with E-state index in [4.69, 9.17) is 4.74 Å². The Morgan fingerprint density at radius 3 is 2.44 bits per heavy atom. The molecule has 0 aliphatic heterocycles. The van der Waals surface area contributed by atoms with Crippen molar-refractivity contribution in [1.29, 1.82) is 0 Å². The number of carbonyl (C=O) groups excluding carboxylic acids is 1. The molecule has 2 heteroatoms. The van der Waals surface area contributed by atoms with Gasteiger partial charge in [0.2, 0.25) is 0 Å². The van der Waals surface area contributed by atoms with E-state index in [-0.39, 0.29) is 12.1 Å². The summed E-state index contributed by atoms with van der Waals surface area (Å²) >= 11 is 0. The minimum absolute atomic E-state index is 0.108. The molecule has 0 heterocycles. The molecule has 8 atom stereocenters. The largest absolute Gasteiger partial charge is 0.463 e. The van der Waals surface area contributed by atoms with Crippen molar-refractivity contribution in [3.05, 3.63) is 23.3 Å². The van der Waals surface area contributed by atoms with Crippen LogP contribution in [-0.2, 0) is 9.53 Å². The zero-order valence-electron chi connectivity index (χ0n) is 21.9. The number of fused-ring (bicyclic) bond motifs is 5. The average Bonchev–Trinajstić information content (AvgIpc) is 3.08. The quantitative estimate of drug-likeness (QED) is 0.318. The first kappa shape index (κ1) is 24.1. The highest BCUT2D eigenvalue weighted by Crippen LogP contribution is 2.67. The van der Waals surface area contributed by atoms with Gasteiger partial charge in [0, 0.05) is 6.92 Å². The molecule has 0 radical (unpaired) electrons. The van der Waals surface area contributed by atoms with Crippen LogP contribution in [0, 0.1) is 46.3 Å². The van der Waals surface area contributed by atoms with E-state index in [1.165, 1.54) is 44.9 Å². The second-order valence-electron chi connectivity index (χ2n) is 12.8. The summed E-state index contributed by atoms with van der Waals surface area (Å²) < 4.78 is 5.64. The Balaban J connectivity index is 1.50. The molecule has 0 unspecified atom stereocenters. The van der Waals surface area contributed by atoms with E-state index in [2.05, 4.69) is 53.7 Å². The molecule has 2 nitrogen and oxygen atoms in total. The third kappa shape index (κ3) is 4.14. The topological polar surface area (TPSA) is 26.3 Å². The van der Waals surface area contributed by atoms with Crippen LogP contribution in [0.5, 0.6) is 0 Å². The Morgan fingerprint density at radius 2 is 1.75 bits per heavy atom. The van der Waals surface area contributed by atoms with Gasteiger partial charge < -0.3 is 4.74 Å². The van der Waals surface area contributed by atoms with Crippen LogP contribution in [-0.4, -0.2) is 12.1 Å². The van der Waals surface area contributed by atoms with Gasteiger partial charge in [-0.05, 0) is 111 Å². The summed E-state index contributed by atoms with van der Waals surface area (Å²) in [5.74, 6) is 4.43. The van der Waals surface area contributed by atoms with Gasteiger partial charge in [0.25, 0.3) is 0 Å². The number of allylic oxidation sites excluding steroid dienone is 4. The maximum absolute atomic E-state index is 11.5. The van der Waals surface area contributed by atoms with Crippen molar-refractivity contribution in [3.8, 4) is 0 Å². The van der Waals surface area contributed by atoms with Crippen molar-refractivity contribution >= 4 is 5.97 Å². The highest BCUT2D eigenvalue weighted by Gasteiger charge is 2.58.